The minimum absolute atomic E-state index is 0.361. The molecule has 19 heavy (non-hydrogen) atoms. The van der Waals surface area contributed by atoms with E-state index in [1.165, 1.54) is 6.07 Å². The average molecular weight is 317 g/mol. The predicted octanol–water partition coefficient (Wildman–Crippen LogP) is 3.17. The summed E-state index contributed by atoms with van der Waals surface area (Å²) in [4.78, 5) is 0. The number of nitrogens with zero attached hydrogens (tertiary/aromatic N) is 4. The standard InChI is InChI=1S/C13H6BrFN4/c14-9-1-2-10(11(15)6-9)13-18-17-12-5-8(7-16)3-4-19(12)13/h1-6H. The van der Waals surface area contributed by atoms with E-state index >= 15 is 0 Å². The van der Waals surface area contributed by atoms with Crippen LogP contribution in [0.3, 0.4) is 0 Å². The summed E-state index contributed by atoms with van der Waals surface area (Å²) in [6.07, 6.45) is 1.66. The summed E-state index contributed by atoms with van der Waals surface area (Å²) >= 11 is 3.21. The Morgan fingerprint density at radius 1 is 1.21 bits per heavy atom. The van der Waals surface area contributed by atoms with E-state index in [-0.39, 0.29) is 5.82 Å². The van der Waals surface area contributed by atoms with Crippen molar-refractivity contribution >= 4 is 21.6 Å². The van der Waals surface area contributed by atoms with Crippen LogP contribution < -0.4 is 0 Å². The Kier molecular flexibility index (Phi) is 2.76. The second-order valence-electron chi connectivity index (χ2n) is 3.90. The Bertz CT molecular complexity index is 819. The normalized spacial score (nSPS) is 10.6. The number of fused-ring (bicyclic) bond motifs is 1. The minimum Gasteiger partial charge on any atom is -0.282 e. The van der Waals surface area contributed by atoms with Crippen LogP contribution in [0.1, 0.15) is 5.56 Å². The van der Waals surface area contributed by atoms with Gasteiger partial charge in [0.1, 0.15) is 5.82 Å². The lowest BCUT2D eigenvalue weighted by Crippen LogP contribution is -1.92. The van der Waals surface area contributed by atoms with Gasteiger partial charge in [-0.05, 0) is 24.3 Å². The van der Waals surface area contributed by atoms with Crippen LogP contribution in [0.4, 0.5) is 4.39 Å². The number of pyridine rings is 1. The molecule has 2 heterocycles. The minimum atomic E-state index is -0.381. The molecule has 0 spiro atoms. The van der Waals surface area contributed by atoms with Gasteiger partial charge in [-0.15, -0.1) is 10.2 Å². The smallest absolute Gasteiger partial charge is 0.171 e. The highest BCUT2D eigenvalue weighted by molar-refractivity contribution is 9.10. The number of aromatic nitrogens is 3. The van der Waals surface area contributed by atoms with Gasteiger partial charge in [0.15, 0.2) is 11.5 Å². The maximum Gasteiger partial charge on any atom is 0.171 e. The molecule has 92 valence electrons. The zero-order valence-electron chi connectivity index (χ0n) is 9.51. The zero-order valence-corrected chi connectivity index (χ0v) is 11.1. The molecule has 4 nitrogen and oxygen atoms in total. The molecule has 0 saturated carbocycles. The number of rotatable bonds is 1. The van der Waals surface area contributed by atoms with Crippen molar-refractivity contribution in [2.24, 2.45) is 0 Å². The zero-order chi connectivity index (χ0) is 13.4. The molecule has 2 aromatic heterocycles. The monoisotopic (exact) mass is 316 g/mol. The Morgan fingerprint density at radius 3 is 2.79 bits per heavy atom. The third kappa shape index (κ3) is 1.98. The Morgan fingerprint density at radius 2 is 2.05 bits per heavy atom. The summed E-state index contributed by atoms with van der Waals surface area (Å²) in [6, 6.07) is 10.0. The number of nitriles is 1. The molecule has 3 aromatic rings. The number of benzene rings is 1. The van der Waals surface area contributed by atoms with E-state index in [1.54, 1.807) is 34.9 Å². The molecule has 6 heteroatoms. The maximum absolute atomic E-state index is 13.9. The lowest BCUT2D eigenvalue weighted by Gasteiger charge is -2.02. The third-order valence-corrected chi connectivity index (χ3v) is 3.20. The lowest BCUT2D eigenvalue weighted by atomic mass is 10.2. The van der Waals surface area contributed by atoms with Crippen LogP contribution in [0, 0.1) is 17.1 Å². The molecule has 0 bridgehead atoms. The van der Waals surface area contributed by atoms with Gasteiger partial charge in [-0.25, -0.2) is 4.39 Å². The lowest BCUT2D eigenvalue weighted by molar-refractivity contribution is 0.629. The Hall–Kier alpha value is -2.26. The highest BCUT2D eigenvalue weighted by Gasteiger charge is 2.12. The van der Waals surface area contributed by atoms with E-state index < -0.39 is 0 Å². The van der Waals surface area contributed by atoms with Gasteiger partial charge in [0, 0.05) is 16.7 Å². The molecular formula is C13H6BrFN4. The van der Waals surface area contributed by atoms with Crippen molar-refractivity contribution in [3.8, 4) is 17.5 Å². The third-order valence-electron chi connectivity index (χ3n) is 2.71. The van der Waals surface area contributed by atoms with Gasteiger partial charge in [-0.1, -0.05) is 15.9 Å². The molecule has 0 saturated heterocycles. The number of halogens is 2. The molecule has 0 aliphatic rings. The van der Waals surface area contributed by atoms with Crippen molar-refractivity contribution in [3.63, 3.8) is 0 Å². The van der Waals surface area contributed by atoms with Crippen LogP contribution in [0.2, 0.25) is 0 Å². The predicted molar refractivity (Wildman–Crippen MR) is 70.8 cm³/mol. The summed E-state index contributed by atoms with van der Waals surface area (Å²) in [6.45, 7) is 0. The summed E-state index contributed by atoms with van der Waals surface area (Å²) in [7, 11) is 0. The van der Waals surface area contributed by atoms with Crippen LogP contribution in [-0.2, 0) is 0 Å². The molecule has 0 radical (unpaired) electrons. The first kappa shape index (κ1) is 11.8. The van der Waals surface area contributed by atoms with Gasteiger partial charge >= 0.3 is 0 Å². The highest BCUT2D eigenvalue weighted by Crippen LogP contribution is 2.24. The van der Waals surface area contributed by atoms with Crippen LogP contribution in [-0.4, -0.2) is 14.6 Å². The van der Waals surface area contributed by atoms with E-state index in [0.29, 0.717) is 27.1 Å². The van der Waals surface area contributed by atoms with Gasteiger partial charge in [0.2, 0.25) is 0 Å². The quantitative estimate of drug-likeness (QED) is 0.693. The Balaban J connectivity index is 2.23. The van der Waals surface area contributed by atoms with Crippen molar-refractivity contribution in [3.05, 3.63) is 52.4 Å². The number of hydrogen-bond donors (Lipinski definition) is 0. The van der Waals surface area contributed by atoms with E-state index in [2.05, 4.69) is 26.1 Å². The first-order valence-corrected chi connectivity index (χ1v) is 6.18. The van der Waals surface area contributed by atoms with E-state index in [1.807, 2.05) is 6.07 Å². The molecule has 0 fully saturated rings. The van der Waals surface area contributed by atoms with E-state index in [9.17, 15) is 4.39 Å². The van der Waals surface area contributed by atoms with Gasteiger partial charge < -0.3 is 0 Å². The first-order valence-electron chi connectivity index (χ1n) is 5.39. The van der Waals surface area contributed by atoms with Crippen molar-refractivity contribution < 1.29 is 4.39 Å². The number of hydrogen-bond acceptors (Lipinski definition) is 3. The second kappa shape index (κ2) is 4.44. The van der Waals surface area contributed by atoms with Crippen LogP contribution in [0.15, 0.2) is 41.0 Å². The fraction of sp³-hybridized carbons (Fsp3) is 0. The Labute approximate surface area is 116 Å². The van der Waals surface area contributed by atoms with Crippen molar-refractivity contribution in [2.45, 2.75) is 0 Å². The van der Waals surface area contributed by atoms with Crippen LogP contribution in [0.5, 0.6) is 0 Å². The summed E-state index contributed by atoms with van der Waals surface area (Å²) in [5.74, 6) is 0.0255. The van der Waals surface area contributed by atoms with Gasteiger partial charge in [0.25, 0.3) is 0 Å². The van der Waals surface area contributed by atoms with Gasteiger partial charge in [0.05, 0.1) is 17.2 Å². The first-order chi connectivity index (χ1) is 9.19. The molecular weight excluding hydrogens is 311 g/mol. The summed E-state index contributed by atoms with van der Waals surface area (Å²) in [5, 5.41) is 16.8. The SMILES string of the molecule is N#Cc1ccn2c(-c3ccc(Br)cc3F)nnc2c1. The molecule has 3 rings (SSSR count). The van der Waals surface area contributed by atoms with Crippen molar-refractivity contribution in [1.82, 2.24) is 14.6 Å². The average Bonchev–Trinajstić information content (AvgIpc) is 2.81. The molecule has 0 amide bonds. The summed E-state index contributed by atoms with van der Waals surface area (Å²) in [5.41, 5.74) is 1.36. The molecule has 0 aliphatic carbocycles. The molecule has 0 N–H and O–H groups in total. The van der Waals surface area contributed by atoms with E-state index in [4.69, 9.17) is 5.26 Å². The van der Waals surface area contributed by atoms with Crippen molar-refractivity contribution in [1.29, 1.82) is 5.26 Å². The maximum atomic E-state index is 13.9. The van der Waals surface area contributed by atoms with E-state index in [0.717, 1.165) is 0 Å². The topological polar surface area (TPSA) is 54.0 Å². The fourth-order valence-electron chi connectivity index (χ4n) is 1.81. The van der Waals surface area contributed by atoms with Gasteiger partial charge in [-0.3, -0.25) is 4.40 Å². The molecule has 1 aromatic carbocycles. The second-order valence-corrected chi connectivity index (χ2v) is 4.82. The fourth-order valence-corrected chi connectivity index (χ4v) is 2.15. The summed E-state index contributed by atoms with van der Waals surface area (Å²) < 4.78 is 16.2. The van der Waals surface area contributed by atoms with Crippen LogP contribution in [0.25, 0.3) is 17.0 Å². The molecule has 0 unspecified atom stereocenters. The molecule has 0 atom stereocenters. The highest BCUT2D eigenvalue weighted by atomic mass is 79.9. The largest absolute Gasteiger partial charge is 0.282 e. The van der Waals surface area contributed by atoms with Crippen LogP contribution >= 0.6 is 15.9 Å². The van der Waals surface area contributed by atoms with Gasteiger partial charge in [-0.2, -0.15) is 5.26 Å². The van der Waals surface area contributed by atoms with Crippen molar-refractivity contribution in [2.75, 3.05) is 0 Å². The molecule has 0 aliphatic heterocycles.